The predicted octanol–water partition coefficient (Wildman–Crippen LogP) is 1.11. The molecule has 0 aromatic heterocycles. The first kappa shape index (κ1) is 17.6. The van der Waals surface area contributed by atoms with Crippen molar-refractivity contribution in [1.82, 2.24) is 15.1 Å². The van der Waals surface area contributed by atoms with Gasteiger partial charge >= 0.3 is 0 Å². The molecule has 3 saturated heterocycles. The average molecular weight is 358 g/mol. The third kappa shape index (κ3) is 3.28. The van der Waals surface area contributed by atoms with Gasteiger partial charge in [-0.3, -0.25) is 9.69 Å². The summed E-state index contributed by atoms with van der Waals surface area (Å²) >= 11 is 0. The Labute approximate surface area is 155 Å². The fourth-order valence-corrected chi connectivity index (χ4v) is 4.98. The number of likely N-dealkylation sites (tertiary alicyclic amines) is 1. The topological polar surface area (TPSA) is 59.1 Å². The number of hydrogen-bond acceptors (Lipinski definition) is 5. The van der Waals surface area contributed by atoms with Crippen LogP contribution >= 0.6 is 0 Å². The number of nitrogens with one attached hydrogen (secondary N) is 1. The molecule has 1 atom stereocenters. The fraction of sp³-hybridized carbons (Fsp3) is 0.650. The molecule has 3 fully saturated rings. The van der Waals surface area contributed by atoms with Crippen molar-refractivity contribution in [2.24, 2.45) is 5.41 Å². The van der Waals surface area contributed by atoms with Gasteiger partial charge in [-0.05, 0) is 56.9 Å². The molecular formula is C20H30N4O2. The van der Waals surface area contributed by atoms with Gasteiger partial charge in [-0.15, -0.1) is 0 Å². The lowest BCUT2D eigenvalue weighted by molar-refractivity contribution is -0.135. The number of benzene rings is 1. The summed E-state index contributed by atoms with van der Waals surface area (Å²) in [5.74, 6) is 0.607. The van der Waals surface area contributed by atoms with Crippen molar-refractivity contribution in [2.75, 3.05) is 57.8 Å². The van der Waals surface area contributed by atoms with Crippen molar-refractivity contribution in [1.29, 1.82) is 0 Å². The van der Waals surface area contributed by atoms with E-state index in [2.05, 4.69) is 22.2 Å². The number of amides is 1. The van der Waals surface area contributed by atoms with Crippen LogP contribution in [0.5, 0.6) is 5.75 Å². The smallest absolute Gasteiger partial charge is 0.240 e. The number of anilines is 1. The highest BCUT2D eigenvalue weighted by molar-refractivity contribution is 5.82. The van der Waals surface area contributed by atoms with Gasteiger partial charge in [0.15, 0.2) is 0 Å². The van der Waals surface area contributed by atoms with Crippen molar-refractivity contribution < 1.29 is 9.90 Å². The zero-order valence-corrected chi connectivity index (χ0v) is 15.7. The molecule has 6 heteroatoms. The maximum atomic E-state index is 13.1. The number of hydrogen-bond donors (Lipinski definition) is 2. The number of carbonyl (C=O) groups is 1. The van der Waals surface area contributed by atoms with Crippen molar-refractivity contribution in [3.63, 3.8) is 0 Å². The number of para-hydroxylation sites is 2. The van der Waals surface area contributed by atoms with Gasteiger partial charge in [0.05, 0.1) is 11.7 Å². The molecular weight excluding hydrogens is 328 g/mol. The van der Waals surface area contributed by atoms with Crippen LogP contribution in [0.3, 0.4) is 0 Å². The predicted molar refractivity (Wildman–Crippen MR) is 102 cm³/mol. The third-order valence-electron chi connectivity index (χ3n) is 6.51. The van der Waals surface area contributed by atoms with E-state index in [1.807, 2.05) is 23.1 Å². The summed E-state index contributed by atoms with van der Waals surface area (Å²) in [4.78, 5) is 19.6. The molecule has 3 heterocycles. The molecule has 1 aromatic rings. The van der Waals surface area contributed by atoms with E-state index in [1.165, 1.54) is 12.8 Å². The Morgan fingerprint density at radius 3 is 2.54 bits per heavy atom. The summed E-state index contributed by atoms with van der Waals surface area (Å²) in [6.07, 6.45) is 3.37. The Morgan fingerprint density at radius 1 is 1.15 bits per heavy atom. The number of aromatic hydroxyl groups is 1. The van der Waals surface area contributed by atoms with Gasteiger partial charge in [-0.1, -0.05) is 12.1 Å². The molecule has 26 heavy (non-hydrogen) atoms. The summed E-state index contributed by atoms with van der Waals surface area (Å²) in [7, 11) is 2.11. The second kappa shape index (κ2) is 7.08. The van der Waals surface area contributed by atoms with E-state index in [4.69, 9.17) is 0 Å². The lowest BCUT2D eigenvalue weighted by Gasteiger charge is -2.38. The zero-order chi connectivity index (χ0) is 18.1. The van der Waals surface area contributed by atoms with Gasteiger partial charge < -0.3 is 20.2 Å². The van der Waals surface area contributed by atoms with Crippen LogP contribution in [0, 0.1) is 5.41 Å². The molecule has 0 aliphatic carbocycles. The summed E-state index contributed by atoms with van der Waals surface area (Å²) in [6, 6.07) is 7.48. The molecule has 0 unspecified atom stereocenters. The van der Waals surface area contributed by atoms with E-state index in [9.17, 15) is 9.90 Å². The zero-order valence-electron chi connectivity index (χ0n) is 15.7. The molecule has 1 aromatic carbocycles. The van der Waals surface area contributed by atoms with Crippen LogP contribution in [-0.2, 0) is 4.79 Å². The van der Waals surface area contributed by atoms with E-state index in [0.29, 0.717) is 17.1 Å². The molecule has 142 valence electrons. The Bertz CT molecular complexity index is 651. The Hall–Kier alpha value is -1.79. The molecule has 1 amide bonds. The molecule has 1 spiro atoms. The Balaban J connectivity index is 1.37. The normalized spacial score (nSPS) is 26.4. The summed E-state index contributed by atoms with van der Waals surface area (Å²) in [5.41, 5.74) is 1.20. The number of phenolic OH excluding ortho intramolecular Hbond substituents is 1. The van der Waals surface area contributed by atoms with Crippen molar-refractivity contribution >= 4 is 11.6 Å². The molecule has 2 N–H and O–H groups in total. The van der Waals surface area contributed by atoms with Crippen LogP contribution < -0.4 is 10.2 Å². The molecule has 0 radical (unpaired) electrons. The summed E-state index contributed by atoms with van der Waals surface area (Å²) in [6.45, 7) is 6.20. The van der Waals surface area contributed by atoms with Crippen LogP contribution in [0.1, 0.15) is 19.3 Å². The van der Waals surface area contributed by atoms with E-state index >= 15 is 0 Å². The minimum absolute atomic E-state index is 0.0322. The van der Waals surface area contributed by atoms with Gasteiger partial charge in [-0.25, -0.2) is 0 Å². The molecule has 3 aliphatic heterocycles. The first-order valence-electron chi connectivity index (χ1n) is 9.81. The van der Waals surface area contributed by atoms with E-state index in [-0.39, 0.29) is 6.04 Å². The van der Waals surface area contributed by atoms with Crippen LogP contribution in [0.15, 0.2) is 24.3 Å². The van der Waals surface area contributed by atoms with Crippen LogP contribution in [-0.4, -0.2) is 79.7 Å². The molecule has 0 bridgehead atoms. The van der Waals surface area contributed by atoms with E-state index < -0.39 is 0 Å². The second-order valence-corrected chi connectivity index (χ2v) is 8.19. The highest BCUT2D eigenvalue weighted by atomic mass is 16.3. The van der Waals surface area contributed by atoms with E-state index in [1.54, 1.807) is 6.07 Å². The summed E-state index contributed by atoms with van der Waals surface area (Å²) < 4.78 is 0. The quantitative estimate of drug-likeness (QED) is 0.830. The van der Waals surface area contributed by atoms with Crippen LogP contribution in [0.25, 0.3) is 0 Å². The number of likely N-dealkylation sites (N-methyl/N-ethyl adjacent to an activating group) is 1. The second-order valence-electron chi connectivity index (χ2n) is 8.19. The molecule has 3 aliphatic rings. The monoisotopic (exact) mass is 358 g/mol. The summed E-state index contributed by atoms with van der Waals surface area (Å²) in [5, 5.41) is 13.5. The lowest BCUT2D eigenvalue weighted by atomic mass is 9.77. The highest BCUT2D eigenvalue weighted by Gasteiger charge is 2.46. The largest absolute Gasteiger partial charge is 0.506 e. The molecule has 0 saturated carbocycles. The third-order valence-corrected chi connectivity index (χ3v) is 6.51. The van der Waals surface area contributed by atoms with Crippen LogP contribution in [0.4, 0.5) is 5.69 Å². The van der Waals surface area contributed by atoms with Gasteiger partial charge in [0.25, 0.3) is 0 Å². The van der Waals surface area contributed by atoms with E-state index in [0.717, 1.165) is 57.9 Å². The number of nitrogens with zero attached hydrogens (tertiary/aromatic N) is 3. The Morgan fingerprint density at radius 2 is 1.85 bits per heavy atom. The molecule has 6 nitrogen and oxygen atoms in total. The first-order valence-corrected chi connectivity index (χ1v) is 9.81. The number of carbonyl (C=O) groups excluding carboxylic acids is 1. The SMILES string of the molecule is CN1CC2(CCNCC2)C[C@@H]1C(=O)N1CCN(c2ccccc2O)CC1. The highest BCUT2D eigenvalue weighted by Crippen LogP contribution is 2.41. The standard InChI is InChI=1S/C20H30N4O2/c1-22-15-20(6-8-21-9-7-20)14-17(22)19(26)24-12-10-23(11-13-24)16-4-2-3-5-18(16)25/h2-5,17,21,25H,6-15H2,1H3/t17-/m1/s1. The number of rotatable bonds is 2. The van der Waals surface area contributed by atoms with Crippen molar-refractivity contribution in [3.05, 3.63) is 24.3 Å². The van der Waals surface area contributed by atoms with Gasteiger partial charge in [0, 0.05) is 32.7 Å². The minimum atomic E-state index is 0.0322. The van der Waals surface area contributed by atoms with Gasteiger partial charge in [0.1, 0.15) is 5.75 Å². The first-order chi connectivity index (χ1) is 12.6. The van der Waals surface area contributed by atoms with Crippen molar-refractivity contribution in [2.45, 2.75) is 25.3 Å². The van der Waals surface area contributed by atoms with Gasteiger partial charge in [0.2, 0.25) is 5.91 Å². The number of phenols is 1. The van der Waals surface area contributed by atoms with Gasteiger partial charge in [-0.2, -0.15) is 0 Å². The maximum absolute atomic E-state index is 13.1. The number of piperidine rings is 1. The van der Waals surface area contributed by atoms with Crippen molar-refractivity contribution in [3.8, 4) is 5.75 Å². The Kier molecular flexibility index (Phi) is 4.80. The average Bonchev–Trinajstić information content (AvgIpc) is 2.98. The molecule has 4 rings (SSSR count). The number of piperazine rings is 1. The fourth-order valence-electron chi connectivity index (χ4n) is 4.98. The maximum Gasteiger partial charge on any atom is 0.240 e. The van der Waals surface area contributed by atoms with Crippen LogP contribution in [0.2, 0.25) is 0 Å². The minimum Gasteiger partial charge on any atom is -0.506 e. The lowest BCUT2D eigenvalue weighted by Crippen LogP contribution is -2.53.